The van der Waals surface area contributed by atoms with Crippen LogP contribution in [-0.2, 0) is 11.3 Å². The fourth-order valence-corrected chi connectivity index (χ4v) is 2.26. The van der Waals surface area contributed by atoms with Gasteiger partial charge in [0.25, 0.3) is 0 Å². The van der Waals surface area contributed by atoms with E-state index in [9.17, 15) is 4.79 Å². The van der Waals surface area contributed by atoms with Crippen molar-refractivity contribution < 1.29 is 9.53 Å². The van der Waals surface area contributed by atoms with Gasteiger partial charge in [-0.3, -0.25) is 4.79 Å². The molecule has 1 aromatic carbocycles. The first-order chi connectivity index (χ1) is 9.62. The Morgan fingerprint density at radius 1 is 1.35 bits per heavy atom. The molecule has 5 heteroatoms. The summed E-state index contributed by atoms with van der Waals surface area (Å²) in [5.41, 5.74) is 1.08. The van der Waals surface area contributed by atoms with E-state index in [1.54, 1.807) is 7.11 Å². The molecule has 1 rings (SSSR count). The number of benzene rings is 1. The number of halogens is 1. The average Bonchev–Trinajstić information content (AvgIpc) is 2.45. The predicted octanol–water partition coefficient (Wildman–Crippen LogP) is 2.70. The number of amides is 1. The van der Waals surface area contributed by atoms with Gasteiger partial charge in [-0.25, -0.2) is 0 Å². The molecular formula is C15H23ClN2O2. The quantitative estimate of drug-likeness (QED) is 0.750. The maximum Gasteiger partial charge on any atom is 0.223 e. The Morgan fingerprint density at radius 3 is 2.60 bits per heavy atom. The lowest BCUT2D eigenvalue weighted by molar-refractivity contribution is -0.130. The first-order valence-electron chi connectivity index (χ1n) is 6.93. The van der Waals surface area contributed by atoms with Gasteiger partial charge in [0.15, 0.2) is 0 Å². The zero-order valence-electron chi connectivity index (χ0n) is 12.4. The molecule has 1 N–H and O–H groups in total. The largest absolute Gasteiger partial charge is 0.495 e. The van der Waals surface area contributed by atoms with Crippen LogP contribution < -0.4 is 10.1 Å². The van der Waals surface area contributed by atoms with Crippen LogP contribution in [0.2, 0.25) is 5.02 Å². The van der Waals surface area contributed by atoms with Crippen molar-refractivity contribution in [2.75, 3.05) is 26.7 Å². The van der Waals surface area contributed by atoms with E-state index in [0.717, 1.165) is 18.7 Å². The molecule has 20 heavy (non-hydrogen) atoms. The second kappa shape index (κ2) is 8.82. The van der Waals surface area contributed by atoms with Crippen LogP contribution >= 0.6 is 11.6 Å². The monoisotopic (exact) mass is 298 g/mol. The van der Waals surface area contributed by atoms with E-state index in [-0.39, 0.29) is 5.91 Å². The van der Waals surface area contributed by atoms with Crippen LogP contribution in [0.25, 0.3) is 0 Å². The van der Waals surface area contributed by atoms with Gasteiger partial charge in [-0.15, -0.1) is 0 Å². The zero-order valence-corrected chi connectivity index (χ0v) is 13.2. The fourth-order valence-electron chi connectivity index (χ4n) is 1.98. The third-order valence-electron chi connectivity index (χ3n) is 3.18. The van der Waals surface area contributed by atoms with Crippen molar-refractivity contribution in [2.24, 2.45) is 0 Å². The summed E-state index contributed by atoms with van der Waals surface area (Å²) >= 11 is 6.06. The van der Waals surface area contributed by atoms with E-state index in [0.29, 0.717) is 30.3 Å². The van der Waals surface area contributed by atoms with Gasteiger partial charge in [0.1, 0.15) is 5.75 Å². The second-order valence-electron chi connectivity index (χ2n) is 4.46. The van der Waals surface area contributed by atoms with Crippen LogP contribution in [0, 0.1) is 0 Å². The molecule has 0 heterocycles. The molecule has 0 aliphatic heterocycles. The standard InChI is InChI=1S/C15H23ClN2O2/c1-4-18(5-2)15(19)8-9-17-11-12-6-7-14(20-3)13(16)10-12/h6-7,10,17H,4-5,8-9,11H2,1-3H3. The number of methoxy groups -OCH3 is 1. The first kappa shape index (κ1) is 16.8. The summed E-state index contributed by atoms with van der Waals surface area (Å²) in [5, 5.41) is 3.86. The van der Waals surface area contributed by atoms with Gasteiger partial charge in [0.05, 0.1) is 12.1 Å². The summed E-state index contributed by atoms with van der Waals surface area (Å²) in [4.78, 5) is 13.6. The topological polar surface area (TPSA) is 41.6 Å². The highest BCUT2D eigenvalue weighted by molar-refractivity contribution is 6.32. The lowest BCUT2D eigenvalue weighted by Crippen LogP contribution is -2.32. The van der Waals surface area contributed by atoms with Crippen LogP contribution in [0.4, 0.5) is 0 Å². The Labute approximate surface area is 126 Å². The molecule has 0 saturated carbocycles. The van der Waals surface area contributed by atoms with Crippen LogP contribution in [-0.4, -0.2) is 37.6 Å². The highest BCUT2D eigenvalue weighted by atomic mass is 35.5. The van der Waals surface area contributed by atoms with Crippen molar-refractivity contribution >= 4 is 17.5 Å². The molecule has 1 amide bonds. The highest BCUT2D eigenvalue weighted by Gasteiger charge is 2.08. The summed E-state index contributed by atoms with van der Waals surface area (Å²) in [6, 6.07) is 5.68. The lowest BCUT2D eigenvalue weighted by atomic mass is 10.2. The van der Waals surface area contributed by atoms with E-state index in [2.05, 4.69) is 5.32 Å². The number of rotatable bonds is 8. The number of carbonyl (C=O) groups is 1. The van der Waals surface area contributed by atoms with Crippen molar-refractivity contribution in [2.45, 2.75) is 26.8 Å². The number of ether oxygens (including phenoxy) is 1. The first-order valence-corrected chi connectivity index (χ1v) is 7.31. The van der Waals surface area contributed by atoms with Crippen molar-refractivity contribution in [1.29, 1.82) is 0 Å². The van der Waals surface area contributed by atoms with Crippen LogP contribution in [0.15, 0.2) is 18.2 Å². The van der Waals surface area contributed by atoms with E-state index >= 15 is 0 Å². The smallest absolute Gasteiger partial charge is 0.223 e. The molecule has 0 spiro atoms. The fraction of sp³-hybridized carbons (Fsp3) is 0.533. The van der Waals surface area contributed by atoms with Crippen molar-refractivity contribution in [3.63, 3.8) is 0 Å². The highest BCUT2D eigenvalue weighted by Crippen LogP contribution is 2.24. The maximum absolute atomic E-state index is 11.8. The van der Waals surface area contributed by atoms with Crippen LogP contribution in [0.3, 0.4) is 0 Å². The van der Waals surface area contributed by atoms with Crippen molar-refractivity contribution in [1.82, 2.24) is 10.2 Å². The molecule has 0 aliphatic carbocycles. The molecule has 112 valence electrons. The van der Waals surface area contributed by atoms with Gasteiger partial charge in [0, 0.05) is 32.6 Å². The number of carbonyl (C=O) groups excluding carboxylic acids is 1. The van der Waals surface area contributed by atoms with E-state index in [4.69, 9.17) is 16.3 Å². The number of hydrogen-bond acceptors (Lipinski definition) is 3. The van der Waals surface area contributed by atoms with Crippen LogP contribution in [0.1, 0.15) is 25.8 Å². The molecule has 0 saturated heterocycles. The molecule has 0 aromatic heterocycles. The molecule has 4 nitrogen and oxygen atoms in total. The molecule has 1 aromatic rings. The zero-order chi connectivity index (χ0) is 15.0. The average molecular weight is 299 g/mol. The number of nitrogens with one attached hydrogen (secondary N) is 1. The number of nitrogens with zero attached hydrogens (tertiary/aromatic N) is 1. The summed E-state index contributed by atoms with van der Waals surface area (Å²) < 4.78 is 5.11. The lowest BCUT2D eigenvalue weighted by Gasteiger charge is -2.18. The Hall–Kier alpha value is -1.26. The summed E-state index contributed by atoms with van der Waals surface area (Å²) in [5.74, 6) is 0.863. The Kier molecular flexibility index (Phi) is 7.41. The molecule has 0 bridgehead atoms. The maximum atomic E-state index is 11.8. The molecule has 0 radical (unpaired) electrons. The van der Waals surface area contributed by atoms with Gasteiger partial charge in [-0.1, -0.05) is 17.7 Å². The SMILES string of the molecule is CCN(CC)C(=O)CCNCc1ccc(OC)c(Cl)c1. The van der Waals surface area contributed by atoms with Gasteiger partial charge in [-0.05, 0) is 31.5 Å². The third kappa shape index (κ3) is 5.02. The Balaban J connectivity index is 2.34. The number of hydrogen-bond donors (Lipinski definition) is 1. The van der Waals surface area contributed by atoms with Crippen LogP contribution in [0.5, 0.6) is 5.75 Å². The molecule has 0 fully saturated rings. The predicted molar refractivity (Wildman–Crippen MR) is 82.3 cm³/mol. The van der Waals surface area contributed by atoms with E-state index < -0.39 is 0 Å². The summed E-state index contributed by atoms with van der Waals surface area (Å²) in [6.45, 7) is 6.88. The minimum absolute atomic E-state index is 0.190. The van der Waals surface area contributed by atoms with Gasteiger partial charge >= 0.3 is 0 Å². The Morgan fingerprint density at radius 2 is 2.05 bits per heavy atom. The van der Waals surface area contributed by atoms with Gasteiger partial charge < -0.3 is 15.0 Å². The molecule has 0 unspecified atom stereocenters. The van der Waals surface area contributed by atoms with Crippen molar-refractivity contribution in [3.05, 3.63) is 28.8 Å². The van der Waals surface area contributed by atoms with Crippen molar-refractivity contribution in [3.8, 4) is 5.75 Å². The molecular weight excluding hydrogens is 276 g/mol. The molecule has 0 aliphatic rings. The second-order valence-corrected chi connectivity index (χ2v) is 4.87. The third-order valence-corrected chi connectivity index (χ3v) is 3.47. The van der Waals surface area contributed by atoms with Gasteiger partial charge in [0.2, 0.25) is 5.91 Å². The van der Waals surface area contributed by atoms with E-state index in [1.807, 2.05) is 36.9 Å². The summed E-state index contributed by atoms with van der Waals surface area (Å²) in [7, 11) is 1.60. The normalized spacial score (nSPS) is 10.4. The minimum Gasteiger partial charge on any atom is -0.495 e. The Bertz CT molecular complexity index is 434. The van der Waals surface area contributed by atoms with E-state index in [1.165, 1.54) is 0 Å². The minimum atomic E-state index is 0.190. The summed E-state index contributed by atoms with van der Waals surface area (Å²) in [6.07, 6.45) is 0.519. The van der Waals surface area contributed by atoms with Gasteiger partial charge in [-0.2, -0.15) is 0 Å². The molecule has 0 atom stereocenters.